The number of hydrogen-bond donors (Lipinski definition) is 1. The fraction of sp³-hybridized carbons (Fsp3) is 0.455. The molecule has 2 nitrogen and oxygen atoms in total. The number of halogens is 2. The summed E-state index contributed by atoms with van der Waals surface area (Å²) in [6, 6.07) is 5.60. The van der Waals surface area contributed by atoms with Crippen LogP contribution in [0.25, 0.3) is 0 Å². The molecule has 2 N–H and O–H groups in total. The summed E-state index contributed by atoms with van der Waals surface area (Å²) in [5.74, 6) is 0. The van der Waals surface area contributed by atoms with E-state index in [4.69, 9.17) is 28.9 Å². The highest BCUT2D eigenvalue weighted by Crippen LogP contribution is 2.24. The van der Waals surface area contributed by atoms with Crippen molar-refractivity contribution in [1.29, 1.82) is 0 Å². The number of rotatable bonds is 3. The topological polar surface area (TPSA) is 29.3 Å². The standard InChI is InChI=1S/C11H16Cl2N2/c1-11(14,15(2)3)7-8-4-5-9(12)10(13)6-8/h4-6H,7,14H2,1-3H3. The van der Waals surface area contributed by atoms with Gasteiger partial charge in [-0.05, 0) is 38.7 Å². The number of hydrogen-bond acceptors (Lipinski definition) is 2. The van der Waals surface area contributed by atoms with Crippen LogP contribution in [-0.4, -0.2) is 24.7 Å². The van der Waals surface area contributed by atoms with Crippen LogP contribution in [0.15, 0.2) is 18.2 Å². The van der Waals surface area contributed by atoms with E-state index in [9.17, 15) is 0 Å². The van der Waals surface area contributed by atoms with Crippen LogP contribution in [-0.2, 0) is 6.42 Å². The maximum atomic E-state index is 6.13. The smallest absolute Gasteiger partial charge is 0.0694 e. The molecule has 0 aromatic heterocycles. The third kappa shape index (κ3) is 3.35. The van der Waals surface area contributed by atoms with Crippen LogP contribution in [0.1, 0.15) is 12.5 Å². The van der Waals surface area contributed by atoms with Gasteiger partial charge in [0, 0.05) is 6.42 Å². The van der Waals surface area contributed by atoms with Gasteiger partial charge in [0.25, 0.3) is 0 Å². The van der Waals surface area contributed by atoms with E-state index in [1.807, 2.05) is 38.1 Å². The molecule has 0 aliphatic rings. The summed E-state index contributed by atoms with van der Waals surface area (Å²) in [6.07, 6.45) is 0.733. The Bertz CT molecular complexity index is 348. The van der Waals surface area contributed by atoms with Crippen LogP contribution in [0.3, 0.4) is 0 Å². The Morgan fingerprint density at radius 2 is 1.87 bits per heavy atom. The lowest BCUT2D eigenvalue weighted by Crippen LogP contribution is -2.51. The van der Waals surface area contributed by atoms with Gasteiger partial charge in [0.1, 0.15) is 0 Å². The zero-order valence-corrected chi connectivity index (χ0v) is 10.7. The third-order valence-corrected chi connectivity index (χ3v) is 3.31. The van der Waals surface area contributed by atoms with Crippen molar-refractivity contribution in [3.63, 3.8) is 0 Å². The average molecular weight is 247 g/mol. The van der Waals surface area contributed by atoms with Crippen molar-refractivity contribution >= 4 is 23.2 Å². The highest BCUT2D eigenvalue weighted by molar-refractivity contribution is 6.42. The lowest BCUT2D eigenvalue weighted by atomic mass is 10.0. The second-order valence-electron chi connectivity index (χ2n) is 4.18. The van der Waals surface area contributed by atoms with Crippen molar-refractivity contribution < 1.29 is 0 Å². The third-order valence-electron chi connectivity index (χ3n) is 2.57. The van der Waals surface area contributed by atoms with Gasteiger partial charge in [-0.2, -0.15) is 0 Å². The summed E-state index contributed by atoms with van der Waals surface area (Å²) < 4.78 is 0. The maximum Gasteiger partial charge on any atom is 0.0694 e. The van der Waals surface area contributed by atoms with Crippen LogP contribution in [0, 0.1) is 0 Å². The van der Waals surface area contributed by atoms with Crippen molar-refractivity contribution in [3.05, 3.63) is 33.8 Å². The molecular weight excluding hydrogens is 231 g/mol. The van der Waals surface area contributed by atoms with Crippen LogP contribution < -0.4 is 5.73 Å². The molecule has 0 saturated heterocycles. The van der Waals surface area contributed by atoms with Gasteiger partial charge in [-0.1, -0.05) is 29.3 Å². The molecule has 1 aromatic rings. The Morgan fingerprint density at radius 1 is 1.27 bits per heavy atom. The Labute approximate surface area is 101 Å². The highest BCUT2D eigenvalue weighted by Gasteiger charge is 2.21. The summed E-state index contributed by atoms with van der Waals surface area (Å²) in [5.41, 5.74) is 6.84. The molecule has 0 spiro atoms. The van der Waals surface area contributed by atoms with Gasteiger partial charge in [-0.25, -0.2) is 0 Å². The van der Waals surface area contributed by atoms with Gasteiger partial charge >= 0.3 is 0 Å². The molecule has 0 heterocycles. The molecule has 84 valence electrons. The molecule has 1 atom stereocenters. The molecule has 0 aliphatic carbocycles. The molecule has 0 aliphatic heterocycles. The fourth-order valence-corrected chi connectivity index (χ4v) is 1.54. The second kappa shape index (κ2) is 4.71. The largest absolute Gasteiger partial charge is 0.313 e. The number of nitrogens with zero attached hydrogens (tertiary/aromatic N) is 1. The summed E-state index contributed by atoms with van der Waals surface area (Å²) in [4.78, 5) is 1.98. The fourth-order valence-electron chi connectivity index (χ4n) is 1.22. The van der Waals surface area contributed by atoms with Crippen LogP contribution in [0.5, 0.6) is 0 Å². The number of nitrogens with two attached hydrogens (primary N) is 1. The minimum Gasteiger partial charge on any atom is -0.313 e. The molecule has 1 rings (SSSR count). The summed E-state index contributed by atoms with van der Waals surface area (Å²) >= 11 is 11.8. The molecule has 0 fully saturated rings. The molecule has 1 aromatic carbocycles. The molecule has 0 saturated carbocycles. The summed E-state index contributed by atoms with van der Waals surface area (Å²) in [5, 5.41) is 1.15. The maximum absolute atomic E-state index is 6.13. The average Bonchev–Trinajstić information content (AvgIpc) is 2.10. The van der Waals surface area contributed by atoms with Crippen LogP contribution >= 0.6 is 23.2 Å². The Hall–Kier alpha value is -0.280. The first-order valence-electron chi connectivity index (χ1n) is 4.73. The van der Waals surface area contributed by atoms with Crippen molar-refractivity contribution in [1.82, 2.24) is 4.90 Å². The van der Waals surface area contributed by atoms with Gasteiger partial charge in [0.2, 0.25) is 0 Å². The van der Waals surface area contributed by atoms with E-state index in [-0.39, 0.29) is 5.66 Å². The van der Waals surface area contributed by atoms with Gasteiger partial charge in [0.05, 0.1) is 15.7 Å². The highest BCUT2D eigenvalue weighted by atomic mass is 35.5. The monoisotopic (exact) mass is 246 g/mol. The normalized spacial score (nSPS) is 15.4. The predicted molar refractivity (Wildman–Crippen MR) is 66.4 cm³/mol. The summed E-state index contributed by atoms with van der Waals surface area (Å²) in [6.45, 7) is 1.98. The molecule has 0 radical (unpaired) electrons. The van der Waals surface area contributed by atoms with Gasteiger partial charge in [-0.15, -0.1) is 0 Å². The van der Waals surface area contributed by atoms with E-state index >= 15 is 0 Å². The number of likely N-dealkylation sites (N-methyl/N-ethyl adjacent to an activating group) is 1. The quantitative estimate of drug-likeness (QED) is 0.832. The van der Waals surface area contributed by atoms with Crippen LogP contribution in [0.4, 0.5) is 0 Å². The molecule has 0 amide bonds. The Morgan fingerprint density at radius 3 is 2.33 bits per heavy atom. The lowest BCUT2D eigenvalue weighted by Gasteiger charge is -2.32. The van der Waals surface area contributed by atoms with E-state index < -0.39 is 0 Å². The van der Waals surface area contributed by atoms with Crippen molar-refractivity contribution in [2.45, 2.75) is 19.0 Å². The SMILES string of the molecule is CN(C)C(C)(N)Cc1ccc(Cl)c(Cl)c1. The van der Waals surface area contributed by atoms with Crippen LogP contribution in [0.2, 0.25) is 10.0 Å². The van der Waals surface area contributed by atoms with Gasteiger partial charge in [0.15, 0.2) is 0 Å². The molecule has 1 unspecified atom stereocenters. The van der Waals surface area contributed by atoms with Gasteiger partial charge in [-0.3, -0.25) is 4.90 Å². The molecule has 0 bridgehead atoms. The molecular formula is C11H16Cl2N2. The van der Waals surface area contributed by atoms with Crippen molar-refractivity contribution in [3.8, 4) is 0 Å². The summed E-state index contributed by atoms with van der Waals surface area (Å²) in [7, 11) is 3.91. The predicted octanol–water partition coefficient (Wildman–Crippen LogP) is 2.77. The number of benzene rings is 1. The minimum atomic E-state index is -0.378. The lowest BCUT2D eigenvalue weighted by molar-refractivity contribution is 0.180. The van der Waals surface area contributed by atoms with E-state index in [1.54, 1.807) is 6.07 Å². The molecule has 4 heteroatoms. The van der Waals surface area contributed by atoms with Crippen molar-refractivity contribution in [2.24, 2.45) is 5.73 Å². The van der Waals surface area contributed by atoms with E-state index in [1.165, 1.54) is 0 Å². The second-order valence-corrected chi connectivity index (χ2v) is 4.99. The Balaban J connectivity index is 2.86. The Kier molecular flexibility index (Phi) is 4.01. The zero-order valence-electron chi connectivity index (χ0n) is 9.22. The van der Waals surface area contributed by atoms with E-state index in [2.05, 4.69) is 0 Å². The first-order valence-corrected chi connectivity index (χ1v) is 5.49. The first kappa shape index (κ1) is 12.8. The first-order chi connectivity index (χ1) is 6.83. The van der Waals surface area contributed by atoms with E-state index in [0.29, 0.717) is 10.0 Å². The minimum absolute atomic E-state index is 0.378. The van der Waals surface area contributed by atoms with Crippen molar-refractivity contribution in [2.75, 3.05) is 14.1 Å². The molecule has 15 heavy (non-hydrogen) atoms. The zero-order chi connectivity index (χ0) is 11.6. The van der Waals surface area contributed by atoms with Gasteiger partial charge < -0.3 is 5.73 Å². The van der Waals surface area contributed by atoms with E-state index in [0.717, 1.165) is 12.0 Å².